The zero-order valence-electron chi connectivity index (χ0n) is 21.8. The maximum Gasteiger partial charge on any atom is 0.255 e. The van der Waals surface area contributed by atoms with E-state index in [1.54, 1.807) is 11.8 Å². The maximum atomic E-state index is 13.8. The molecule has 9 nitrogen and oxygen atoms in total. The summed E-state index contributed by atoms with van der Waals surface area (Å²) in [6.45, 7) is 6.07. The number of hydrogen-bond donors (Lipinski definition) is 2. The number of carbonyl (C=O) groups is 1. The monoisotopic (exact) mass is 608 g/mol. The molecule has 0 saturated heterocycles. The number of halogens is 2. The van der Waals surface area contributed by atoms with E-state index in [4.69, 9.17) is 21.1 Å². The number of hydrogen-bond acceptors (Lipinski definition) is 7. The second-order valence-corrected chi connectivity index (χ2v) is 10.4. The first kappa shape index (κ1) is 26.7. The molecule has 2 heterocycles. The zero-order valence-corrected chi connectivity index (χ0v) is 24.1. The lowest BCUT2D eigenvalue weighted by Crippen LogP contribution is -2.31. The van der Waals surface area contributed by atoms with Crippen LogP contribution in [0.1, 0.15) is 35.2 Å². The molecule has 1 aliphatic rings. The fourth-order valence-corrected chi connectivity index (χ4v) is 5.26. The predicted octanol–water partition coefficient (Wildman–Crippen LogP) is 6.22. The summed E-state index contributed by atoms with van der Waals surface area (Å²) in [5.74, 6) is 1.14. The molecule has 0 aliphatic carbocycles. The summed E-state index contributed by atoms with van der Waals surface area (Å²) in [6, 6.07) is 16.4. The first-order valence-electron chi connectivity index (χ1n) is 12.1. The molecule has 0 spiro atoms. The second-order valence-electron chi connectivity index (χ2n) is 9.13. The fraction of sp³-hybridized carbons (Fsp3) is 0.214. The number of aryl methyl sites for hydroxylation is 1. The Labute approximate surface area is 239 Å². The SMILES string of the molecule is COc1cc(C2C(C(=O)Nc3cccc(C)c3C)=C(C)Nc3nnnn32)cc(Br)c1OCc1ccccc1Cl. The van der Waals surface area contributed by atoms with Gasteiger partial charge < -0.3 is 20.1 Å². The Bertz CT molecular complexity index is 1600. The van der Waals surface area contributed by atoms with E-state index in [2.05, 4.69) is 42.1 Å². The highest BCUT2D eigenvalue weighted by Crippen LogP contribution is 2.43. The third kappa shape index (κ3) is 5.22. The second kappa shape index (κ2) is 11.1. The van der Waals surface area contributed by atoms with Gasteiger partial charge in [-0.25, -0.2) is 0 Å². The highest BCUT2D eigenvalue weighted by Gasteiger charge is 2.35. The first-order chi connectivity index (χ1) is 18.8. The van der Waals surface area contributed by atoms with Gasteiger partial charge in [0.05, 0.1) is 17.2 Å². The number of tetrazole rings is 1. The van der Waals surface area contributed by atoms with Crippen molar-refractivity contribution in [3.05, 3.63) is 97.6 Å². The van der Waals surface area contributed by atoms with Crippen LogP contribution < -0.4 is 20.1 Å². The highest BCUT2D eigenvalue weighted by atomic mass is 79.9. The number of amides is 1. The Hall–Kier alpha value is -3.89. The Balaban J connectivity index is 1.53. The van der Waals surface area contributed by atoms with Gasteiger partial charge in [0.15, 0.2) is 11.5 Å². The third-order valence-electron chi connectivity index (χ3n) is 6.71. The molecular formula is C28H26BrClN6O3. The Morgan fingerprint density at radius 1 is 1.15 bits per heavy atom. The van der Waals surface area contributed by atoms with E-state index in [-0.39, 0.29) is 12.5 Å². The van der Waals surface area contributed by atoms with Crippen molar-refractivity contribution in [1.82, 2.24) is 20.2 Å². The quantitative estimate of drug-likeness (QED) is 0.256. The molecule has 0 fully saturated rings. The number of nitrogens with one attached hydrogen (secondary N) is 2. The van der Waals surface area contributed by atoms with E-state index >= 15 is 0 Å². The molecule has 11 heteroatoms. The van der Waals surface area contributed by atoms with Crippen molar-refractivity contribution < 1.29 is 14.3 Å². The van der Waals surface area contributed by atoms with Crippen LogP contribution in [0.15, 0.2) is 70.3 Å². The number of carbonyl (C=O) groups excluding carboxylic acids is 1. The Morgan fingerprint density at radius 2 is 1.95 bits per heavy atom. The lowest BCUT2D eigenvalue weighted by Gasteiger charge is -2.29. The molecule has 0 radical (unpaired) electrons. The summed E-state index contributed by atoms with van der Waals surface area (Å²) in [7, 11) is 1.56. The zero-order chi connectivity index (χ0) is 27.7. The molecular weight excluding hydrogens is 584 g/mol. The minimum Gasteiger partial charge on any atom is -0.493 e. The number of benzene rings is 3. The van der Waals surface area contributed by atoms with Gasteiger partial charge in [-0.15, -0.1) is 0 Å². The van der Waals surface area contributed by atoms with Gasteiger partial charge in [0, 0.05) is 22.0 Å². The van der Waals surface area contributed by atoms with Crippen molar-refractivity contribution in [2.24, 2.45) is 0 Å². The van der Waals surface area contributed by atoms with Crippen LogP contribution in [-0.2, 0) is 11.4 Å². The molecule has 3 aromatic carbocycles. The number of anilines is 2. The summed E-state index contributed by atoms with van der Waals surface area (Å²) >= 11 is 9.95. The van der Waals surface area contributed by atoms with E-state index in [1.165, 1.54) is 0 Å². The topological polar surface area (TPSA) is 103 Å². The van der Waals surface area contributed by atoms with Gasteiger partial charge in [0.1, 0.15) is 12.6 Å². The van der Waals surface area contributed by atoms with E-state index in [0.717, 1.165) is 27.9 Å². The van der Waals surface area contributed by atoms with E-state index in [9.17, 15) is 4.79 Å². The number of methoxy groups -OCH3 is 1. The van der Waals surface area contributed by atoms with Crippen LogP contribution in [0.3, 0.4) is 0 Å². The molecule has 2 N–H and O–H groups in total. The molecule has 1 unspecified atom stereocenters. The maximum absolute atomic E-state index is 13.8. The molecule has 1 aliphatic heterocycles. The average Bonchev–Trinajstić information content (AvgIpc) is 3.38. The summed E-state index contributed by atoms with van der Waals surface area (Å²) in [5.41, 5.74) is 5.50. The normalized spacial score (nSPS) is 14.5. The van der Waals surface area contributed by atoms with Gasteiger partial charge >= 0.3 is 0 Å². The van der Waals surface area contributed by atoms with Crippen LogP contribution >= 0.6 is 27.5 Å². The standard InChI is InChI=1S/C28H26BrClN6O3/c1-15-8-7-11-22(16(15)2)32-27(37)24-17(3)31-28-33-34-35-36(28)25(24)19-12-20(29)26(23(13-19)38-4)39-14-18-9-5-6-10-21(18)30/h5-13,25H,14H2,1-4H3,(H,32,37)(H,31,33,35). The van der Waals surface area contributed by atoms with Crippen LogP contribution in [0.5, 0.6) is 11.5 Å². The summed E-state index contributed by atoms with van der Waals surface area (Å²) in [6.07, 6.45) is 0. The molecule has 1 atom stereocenters. The average molecular weight is 610 g/mol. The smallest absolute Gasteiger partial charge is 0.255 e. The molecule has 0 saturated carbocycles. The van der Waals surface area contributed by atoms with Crippen LogP contribution in [0, 0.1) is 13.8 Å². The molecule has 0 bridgehead atoms. The van der Waals surface area contributed by atoms with E-state index < -0.39 is 6.04 Å². The molecule has 1 amide bonds. The molecule has 5 rings (SSSR count). The fourth-order valence-electron chi connectivity index (χ4n) is 4.49. The summed E-state index contributed by atoms with van der Waals surface area (Å²) in [5, 5.41) is 18.9. The highest BCUT2D eigenvalue weighted by molar-refractivity contribution is 9.10. The molecule has 200 valence electrons. The van der Waals surface area contributed by atoms with Crippen molar-refractivity contribution in [1.29, 1.82) is 0 Å². The van der Waals surface area contributed by atoms with Gasteiger partial charge in [-0.05, 0) is 88.1 Å². The predicted molar refractivity (Wildman–Crippen MR) is 153 cm³/mol. The summed E-state index contributed by atoms with van der Waals surface area (Å²) < 4.78 is 14.0. The number of ether oxygens (including phenoxy) is 2. The molecule has 1 aromatic heterocycles. The van der Waals surface area contributed by atoms with Crippen molar-refractivity contribution in [2.45, 2.75) is 33.4 Å². The largest absolute Gasteiger partial charge is 0.493 e. The van der Waals surface area contributed by atoms with Gasteiger partial charge in [-0.1, -0.05) is 47.0 Å². The first-order valence-corrected chi connectivity index (χ1v) is 13.3. The van der Waals surface area contributed by atoms with Crippen LogP contribution in [0.4, 0.5) is 11.6 Å². The number of fused-ring (bicyclic) bond motifs is 1. The van der Waals surface area contributed by atoms with Crippen LogP contribution in [0.25, 0.3) is 0 Å². The van der Waals surface area contributed by atoms with Crippen molar-refractivity contribution in [3.63, 3.8) is 0 Å². The van der Waals surface area contributed by atoms with Crippen LogP contribution in [0.2, 0.25) is 5.02 Å². The molecule has 4 aromatic rings. The van der Waals surface area contributed by atoms with Gasteiger partial charge in [0.25, 0.3) is 5.91 Å². The summed E-state index contributed by atoms with van der Waals surface area (Å²) in [4.78, 5) is 13.8. The van der Waals surface area contributed by atoms with E-state index in [0.29, 0.717) is 38.2 Å². The lowest BCUT2D eigenvalue weighted by atomic mass is 9.94. The Morgan fingerprint density at radius 3 is 2.72 bits per heavy atom. The van der Waals surface area contributed by atoms with Crippen molar-refractivity contribution >= 4 is 45.1 Å². The number of nitrogens with zero attached hydrogens (tertiary/aromatic N) is 4. The number of aromatic nitrogens is 4. The molecule has 39 heavy (non-hydrogen) atoms. The third-order valence-corrected chi connectivity index (χ3v) is 7.67. The van der Waals surface area contributed by atoms with Crippen LogP contribution in [-0.4, -0.2) is 33.2 Å². The van der Waals surface area contributed by atoms with Gasteiger partial charge in [-0.3, -0.25) is 4.79 Å². The minimum absolute atomic E-state index is 0.251. The minimum atomic E-state index is -0.635. The Kier molecular flexibility index (Phi) is 7.58. The van der Waals surface area contributed by atoms with Crippen molar-refractivity contribution in [2.75, 3.05) is 17.7 Å². The van der Waals surface area contributed by atoms with Gasteiger partial charge in [-0.2, -0.15) is 4.68 Å². The number of allylic oxidation sites excluding steroid dienone is 1. The van der Waals surface area contributed by atoms with Gasteiger partial charge in [0.2, 0.25) is 5.95 Å². The van der Waals surface area contributed by atoms with Crippen molar-refractivity contribution in [3.8, 4) is 11.5 Å². The lowest BCUT2D eigenvalue weighted by molar-refractivity contribution is -0.113. The number of rotatable bonds is 7. The van der Waals surface area contributed by atoms with E-state index in [1.807, 2.05) is 75.4 Å².